The van der Waals surface area contributed by atoms with Crippen LogP contribution in [0.3, 0.4) is 0 Å². The van der Waals surface area contributed by atoms with Crippen LogP contribution in [0, 0.1) is 29.5 Å². The number of nitrogens with zero attached hydrogens (tertiary/aromatic N) is 3. The minimum atomic E-state index is -4.70. The van der Waals surface area contributed by atoms with Crippen LogP contribution in [0.5, 0.6) is 5.75 Å². The van der Waals surface area contributed by atoms with E-state index in [1.807, 2.05) is 6.92 Å². The number of carbonyl (C=O) groups excluding carboxylic acids is 1. The number of carbonyl (C=O) groups is 1. The molecule has 1 aromatic carbocycles. The van der Waals surface area contributed by atoms with Gasteiger partial charge in [0, 0.05) is 23.6 Å². The first-order valence-electron chi connectivity index (χ1n) is 10.9. The molecule has 3 aromatic rings. The monoisotopic (exact) mass is 462 g/mol. The van der Waals surface area contributed by atoms with Crippen LogP contribution in [0.2, 0.25) is 0 Å². The molecule has 1 N–H and O–H groups in total. The van der Waals surface area contributed by atoms with Crippen LogP contribution in [0.4, 0.5) is 23.4 Å². The van der Waals surface area contributed by atoms with Gasteiger partial charge in [-0.15, -0.1) is 13.2 Å². The van der Waals surface area contributed by atoms with Crippen molar-refractivity contribution < 1.29 is 27.1 Å². The Labute approximate surface area is 186 Å². The Kier molecular flexibility index (Phi) is 5.25. The van der Waals surface area contributed by atoms with Gasteiger partial charge in [-0.3, -0.25) is 9.78 Å². The highest BCUT2D eigenvalue weighted by molar-refractivity contribution is 5.92. The van der Waals surface area contributed by atoms with Gasteiger partial charge in [0.05, 0.1) is 17.8 Å². The van der Waals surface area contributed by atoms with Crippen molar-refractivity contribution >= 4 is 22.6 Å². The number of fused-ring (bicyclic) bond motifs is 2. The van der Waals surface area contributed by atoms with Gasteiger partial charge in [0.1, 0.15) is 17.4 Å². The number of ether oxygens (including phenoxy) is 1. The van der Waals surface area contributed by atoms with Crippen LogP contribution in [0.15, 0.2) is 42.7 Å². The summed E-state index contributed by atoms with van der Waals surface area (Å²) in [6, 6.07) is 7.22. The largest absolute Gasteiger partial charge is 0.506 e. The van der Waals surface area contributed by atoms with Gasteiger partial charge < -0.3 is 10.1 Å². The Bertz CT molecular complexity index is 1180. The third-order valence-electron chi connectivity index (χ3n) is 6.80. The summed E-state index contributed by atoms with van der Waals surface area (Å²) in [7, 11) is 0. The molecule has 0 spiro atoms. The van der Waals surface area contributed by atoms with E-state index in [-0.39, 0.29) is 46.1 Å². The summed E-state index contributed by atoms with van der Waals surface area (Å²) in [6.45, 7) is 1.87. The second kappa shape index (κ2) is 8.00. The maximum absolute atomic E-state index is 13.7. The third-order valence-corrected chi connectivity index (χ3v) is 6.80. The van der Waals surface area contributed by atoms with Gasteiger partial charge in [0.25, 0.3) is 0 Å². The zero-order valence-corrected chi connectivity index (χ0v) is 17.7. The molecule has 33 heavy (non-hydrogen) atoms. The fraction of sp³-hybridized carbons (Fsp3) is 0.435. The fourth-order valence-electron chi connectivity index (χ4n) is 5.36. The minimum Gasteiger partial charge on any atom is -0.490 e. The van der Waals surface area contributed by atoms with Gasteiger partial charge in [0.15, 0.2) is 0 Å². The summed E-state index contributed by atoms with van der Waals surface area (Å²) in [6.07, 6.45) is -0.101. The number of hydrogen-bond donors (Lipinski definition) is 1. The molecule has 6 nitrogen and oxygen atoms in total. The van der Waals surface area contributed by atoms with Crippen LogP contribution < -0.4 is 10.1 Å². The molecule has 2 saturated carbocycles. The first-order valence-corrected chi connectivity index (χ1v) is 10.9. The standard InChI is InChI=1S/C23H22F4N4O2/c1-2-14(22(32)30-20-6-8-29-31(20)23(25,26)27)21-15-10-13(11-16(15)21)33-19-5-7-28-18-4-3-12(24)9-17(18)19/h3-9,13-16,21H,2,10-11H2,1H3,(H,30,32). The van der Waals surface area contributed by atoms with E-state index in [9.17, 15) is 22.4 Å². The molecule has 5 rings (SSSR count). The van der Waals surface area contributed by atoms with Gasteiger partial charge in [-0.1, -0.05) is 6.92 Å². The van der Waals surface area contributed by atoms with E-state index in [0.717, 1.165) is 25.1 Å². The van der Waals surface area contributed by atoms with E-state index in [2.05, 4.69) is 15.4 Å². The molecule has 0 aliphatic heterocycles. The summed E-state index contributed by atoms with van der Waals surface area (Å²) in [4.78, 5) is 17.0. The predicted molar refractivity (Wildman–Crippen MR) is 112 cm³/mol. The summed E-state index contributed by atoms with van der Waals surface area (Å²) in [5.41, 5.74) is 0.649. The minimum absolute atomic E-state index is 0.0580. The number of aromatic nitrogens is 3. The quantitative estimate of drug-likeness (QED) is 0.517. The summed E-state index contributed by atoms with van der Waals surface area (Å²) >= 11 is 0. The molecule has 2 heterocycles. The van der Waals surface area contributed by atoms with Crippen molar-refractivity contribution in [2.24, 2.45) is 23.7 Å². The van der Waals surface area contributed by atoms with Gasteiger partial charge in [-0.25, -0.2) is 4.39 Å². The van der Waals surface area contributed by atoms with E-state index in [1.54, 1.807) is 18.3 Å². The van der Waals surface area contributed by atoms with E-state index in [4.69, 9.17) is 4.74 Å². The maximum Gasteiger partial charge on any atom is 0.506 e. The molecule has 2 aromatic heterocycles. The van der Waals surface area contributed by atoms with Crippen LogP contribution in [0.25, 0.3) is 10.9 Å². The average Bonchev–Trinajstić information content (AvgIpc) is 3.10. The van der Waals surface area contributed by atoms with E-state index in [0.29, 0.717) is 23.1 Å². The average molecular weight is 462 g/mol. The number of pyridine rings is 1. The van der Waals surface area contributed by atoms with E-state index in [1.165, 1.54) is 12.1 Å². The van der Waals surface area contributed by atoms with Gasteiger partial charge in [-0.2, -0.15) is 9.78 Å². The van der Waals surface area contributed by atoms with Gasteiger partial charge in [0.2, 0.25) is 5.91 Å². The second-order valence-electron chi connectivity index (χ2n) is 8.69. The number of benzene rings is 1. The topological polar surface area (TPSA) is 69.0 Å². The molecule has 1 amide bonds. The Balaban J connectivity index is 1.23. The second-order valence-corrected chi connectivity index (χ2v) is 8.69. The lowest BCUT2D eigenvalue weighted by Gasteiger charge is -2.21. The zero-order chi connectivity index (χ0) is 23.3. The number of amides is 1. The van der Waals surface area contributed by atoms with E-state index >= 15 is 0 Å². The van der Waals surface area contributed by atoms with Crippen molar-refractivity contribution in [1.29, 1.82) is 0 Å². The fourth-order valence-corrected chi connectivity index (χ4v) is 5.36. The predicted octanol–water partition coefficient (Wildman–Crippen LogP) is 5.12. The number of nitrogens with one attached hydrogen (secondary N) is 1. The molecule has 3 unspecified atom stereocenters. The molecular formula is C23H22F4N4O2. The van der Waals surface area contributed by atoms with Crippen molar-refractivity contribution in [3.63, 3.8) is 0 Å². The lowest BCUT2D eigenvalue weighted by atomic mass is 9.93. The van der Waals surface area contributed by atoms with Gasteiger partial charge >= 0.3 is 6.30 Å². The zero-order valence-electron chi connectivity index (χ0n) is 17.7. The molecule has 0 bridgehead atoms. The summed E-state index contributed by atoms with van der Waals surface area (Å²) in [5.74, 6) is -0.292. The van der Waals surface area contributed by atoms with Gasteiger partial charge in [-0.05, 0) is 61.3 Å². The highest BCUT2D eigenvalue weighted by Crippen LogP contribution is 2.62. The van der Waals surface area contributed by atoms with Crippen molar-refractivity contribution in [2.45, 2.75) is 38.6 Å². The van der Waals surface area contributed by atoms with Crippen molar-refractivity contribution in [3.05, 3.63) is 48.5 Å². The number of rotatable bonds is 6. The first-order chi connectivity index (χ1) is 15.8. The molecule has 2 fully saturated rings. The first kappa shape index (κ1) is 21.7. The van der Waals surface area contributed by atoms with Crippen LogP contribution in [0.1, 0.15) is 26.2 Å². The molecule has 0 saturated heterocycles. The van der Waals surface area contributed by atoms with Crippen molar-refractivity contribution in [3.8, 4) is 5.75 Å². The Morgan fingerprint density at radius 3 is 2.67 bits per heavy atom. The summed E-state index contributed by atoms with van der Waals surface area (Å²) < 4.78 is 58.8. The molecule has 2 aliphatic carbocycles. The van der Waals surface area contributed by atoms with Crippen molar-refractivity contribution in [1.82, 2.24) is 14.8 Å². The lowest BCUT2D eigenvalue weighted by molar-refractivity contribution is -0.210. The molecule has 2 aliphatic rings. The molecule has 174 valence electrons. The van der Waals surface area contributed by atoms with Crippen molar-refractivity contribution in [2.75, 3.05) is 5.32 Å². The van der Waals surface area contributed by atoms with Crippen LogP contribution >= 0.6 is 0 Å². The van der Waals surface area contributed by atoms with Crippen LogP contribution in [-0.4, -0.2) is 26.8 Å². The number of alkyl halides is 3. The smallest absolute Gasteiger partial charge is 0.490 e. The third kappa shape index (κ3) is 4.02. The normalized spacial score (nSPS) is 25.0. The molecule has 3 atom stereocenters. The Morgan fingerprint density at radius 1 is 1.21 bits per heavy atom. The SMILES string of the molecule is CCC(C(=O)Nc1ccnn1C(F)(F)F)C1C2CC(Oc3ccnc4ccc(F)cc34)CC21. The highest BCUT2D eigenvalue weighted by atomic mass is 19.4. The lowest BCUT2D eigenvalue weighted by Crippen LogP contribution is -2.30. The molecule has 10 heteroatoms. The summed E-state index contributed by atoms with van der Waals surface area (Å²) in [5, 5.41) is 6.27. The maximum atomic E-state index is 13.7. The Hall–Kier alpha value is -3.17. The molecular weight excluding hydrogens is 440 g/mol. The number of halogens is 4. The molecule has 0 radical (unpaired) electrons. The number of hydrogen-bond acceptors (Lipinski definition) is 4. The highest BCUT2D eigenvalue weighted by Gasteiger charge is 2.60. The Morgan fingerprint density at radius 2 is 1.97 bits per heavy atom. The number of anilines is 1. The van der Waals surface area contributed by atoms with Crippen LogP contribution in [-0.2, 0) is 11.1 Å². The van der Waals surface area contributed by atoms with E-state index < -0.39 is 12.2 Å².